The van der Waals surface area contributed by atoms with Crippen LogP contribution in [0.25, 0.3) is 0 Å². The minimum atomic E-state index is -0.0953. The second kappa shape index (κ2) is 11.0. The molecular formula is C18H27BrIN3O2. The summed E-state index contributed by atoms with van der Waals surface area (Å²) in [6, 6.07) is 6.27. The van der Waals surface area contributed by atoms with Crippen LogP contribution < -0.4 is 5.32 Å². The number of likely N-dealkylation sites (tertiary alicyclic amines) is 1. The molecule has 7 heteroatoms. The van der Waals surface area contributed by atoms with Gasteiger partial charge in [-0.25, -0.2) is 4.99 Å². The van der Waals surface area contributed by atoms with Crippen LogP contribution in [0.4, 0.5) is 0 Å². The van der Waals surface area contributed by atoms with Crippen LogP contribution in [0.15, 0.2) is 27.7 Å². The van der Waals surface area contributed by atoms with Crippen molar-refractivity contribution in [1.82, 2.24) is 10.2 Å². The van der Waals surface area contributed by atoms with Gasteiger partial charge in [-0.1, -0.05) is 22.0 Å². The number of halogens is 2. The maximum atomic E-state index is 11.7. The lowest BCUT2D eigenvalue weighted by Gasteiger charge is -2.33. The molecular weight excluding hydrogens is 497 g/mol. The topological polar surface area (TPSA) is 53.9 Å². The quantitative estimate of drug-likeness (QED) is 0.283. The van der Waals surface area contributed by atoms with Crippen molar-refractivity contribution in [3.8, 4) is 0 Å². The Labute approximate surface area is 175 Å². The minimum Gasteiger partial charge on any atom is -0.469 e. The Bertz CT molecular complexity index is 602. The van der Waals surface area contributed by atoms with Crippen LogP contribution in [0.5, 0.6) is 0 Å². The van der Waals surface area contributed by atoms with Gasteiger partial charge in [-0.15, -0.1) is 24.0 Å². The number of benzene rings is 1. The van der Waals surface area contributed by atoms with E-state index in [-0.39, 0.29) is 35.9 Å². The zero-order chi connectivity index (χ0) is 17.5. The molecule has 0 spiro atoms. The predicted octanol–water partition coefficient (Wildman–Crippen LogP) is 3.73. The fourth-order valence-electron chi connectivity index (χ4n) is 2.92. The van der Waals surface area contributed by atoms with E-state index in [2.05, 4.69) is 52.1 Å². The van der Waals surface area contributed by atoms with E-state index in [9.17, 15) is 4.79 Å². The van der Waals surface area contributed by atoms with Crippen LogP contribution >= 0.6 is 39.9 Å². The second-order valence-corrected chi connectivity index (χ2v) is 6.94. The molecule has 0 saturated carbocycles. The molecule has 2 rings (SSSR count). The maximum absolute atomic E-state index is 11.7. The number of hydrogen-bond acceptors (Lipinski definition) is 3. The average molecular weight is 524 g/mol. The van der Waals surface area contributed by atoms with E-state index in [1.165, 1.54) is 18.2 Å². The third kappa shape index (κ3) is 6.44. The van der Waals surface area contributed by atoms with Crippen LogP contribution in [0.3, 0.4) is 0 Å². The molecule has 5 nitrogen and oxygen atoms in total. The van der Waals surface area contributed by atoms with E-state index in [0.29, 0.717) is 6.54 Å². The lowest BCUT2D eigenvalue weighted by atomic mass is 9.97. The summed E-state index contributed by atoms with van der Waals surface area (Å²) in [7, 11) is 1.46. The lowest BCUT2D eigenvalue weighted by molar-refractivity contribution is -0.146. The Balaban J connectivity index is 0.00000312. The Morgan fingerprint density at radius 1 is 1.40 bits per heavy atom. The van der Waals surface area contributed by atoms with Gasteiger partial charge in [0.25, 0.3) is 0 Å². The number of piperidine rings is 1. The first-order valence-corrected chi connectivity index (χ1v) is 9.20. The molecule has 140 valence electrons. The lowest BCUT2D eigenvalue weighted by Crippen LogP contribution is -2.46. The van der Waals surface area contributed by atoms with E-state index >= 15 is 0 Å². The molecule has 1 aromatic rings. The van der Waals surface area contributed by atoms with E-state index in [1.54, 1.807) is 0 Å². The highest BCUT2D eigenvalue weighted by Crippen LogP contribution is 2.19. The van der Waals surface area contributed by atoms with Gasteiger partial charge in [0, 0.05) is 24.1 Å². The summed E-state index contributed by atoms with van der Waals surface area (Å²) in [6.07, 6.45) is 1.63. The number of nitrogens with zero attached hydrogens (tertiary/aromatic N) is 2. The fraction of sp³-hybridized carbons (Fsp3) is 0.556. The van der Waals surface area contributed by atoms with Gasteiger partial charge in [0.15, 0.2) is 5.96 Å². The van der Waals surface area contributed by atoms with Crippen LogP contribution in [0.1, 0.15) is 30.9 Å². The van der Waals surface area contributed by atoms with Gasteiger partial charge in [0.2, 0.25) is 0 Å². The first kappa shape index (κ1) is 22.2. The Morgan fingerprint density at radius 2 is 2.08 bits per heavy atom. The van der Waals surface area contributed by atoms with Gasteiger partial charge in [0.05, 0.1) is 19.6 Å². The smallest absolute Gasteiger partial charge is 0.308 e. The second-order valence-electron chi connectivity index (χ2n) is 6.03. The van der Waals surface area contributed by atoms with Crippen molar-refractivity contribution in [3.05, 3.63) is 33.8 Å². The molecule has 1 heterocycles. The summed E-state index contributed by atoms with van der Waals surface area (Å²) in [5, 5.41) is 3.36. The zero-order valence-electron chi connectivity index (χ0n) is 15.0. The molecule has 1 fully saturated rings. The van der Waals surface area contributed by atoms with Gasteiger partial charge in [-0.3, -0.25) is 4.79 Å². The zero-order valence-corrected chi connectivity index (χ0v) is 19.0. The molecule has 1 N–H and O–H groups in total. The standard InChI is InChI=1S/C18H26BrN3O2.HI/c1-4-20-18(21-12-15-5-6-16(19)11-13(15)2)22-9-7-14(8-10-22)17(23)24-3;/h5-6,11,14H,4,7-10,12H2,1-3H3,(H,20,21);1H. The average Bonchev–Trinajstić information content (AvgIpc) is 2.59. The van der Waals surface area contributed by atoms with Crippen LogP contribution in [0, 0.1) is 12.8 Å². The van der Waals surface area contributed by atoms with Crippen molar-refractivity contribution >= 4 is 51.8 Å². The SMILES string of the molecule is CCNC(=NCc1ccc(Br)cc1C)N1CCC(C(=O)OC)CC1.I. The van der Waals surface area contributed by atoms with Crippen LogP contribution in [-0.2, 0) is 16.1 Å². The van der Waals surface area contributed by atoms with Crippen molar-refractivity contribution in [2.24, 2.45) is 10.9 Å². The molecule has 0 bridgehead atoms. The summed E-state index contributed by atoms with van der Waals surface area (Å²) in [6.45, 7) is 7.30. The molecule has 0 aliphatic carbocycles. The molecule has 1 aliphatic rings. The van der Waals surface area contributed by atoms with E-state index in [0.717, 1.165) is 42.9 Å². The van der Waals surface area contributed by atoms with E-state index in [1.807, 2.05) is 6.07 Å². The number of carbonyl (C=O) groups excluding carboxylic acids is 1. The third-order valence-electron chi connectivity index (χ3n) is 4.37. The molecule has 0 aromatic heterocycles. The van der Waals surface area contributed by atoms with Crippen molar-refractivity contribution < 1.29 is 9.53 Å². The van der Waals surface area contributed by atoms with E-state index in [4.69, 9.17) is 9.73 Å². The van der Waals surface area contributed by atoms with Gasteiger partial charge in [-0.05, 0) is 49.9 Å². The number of methoxy groups -OCH3 is 1. The molecule has 1 saturated heterocycles. The summed E-state index contributed by atoms with van der Waals surface area (Å²) in [5.74, 6) is 0.841. The number of hydrogen-bond donors (Lipinski definition) is 1. The molecule has 0 radical (unpaired) electrons. The predicted molar refractivity (Wildman–Crippen MR) is 115 cm³/mol. The first-order chi connectivity index (χ1) is 11.5. The number of aryl methyl sites for hydroxylation is 1. The number of carbonyl (C=O) groups is 1. The van der Waals surface area contributed by atoms with Crippen LogP contribution in [0.2, 0.25) is 0 Å². The van der Waals surface area contributed by atoms with Crippen molar-refractivity contribution in [3.63, 3.8) is 0 Å². The highest BCUT2D eigenvalue weighted by Gasteiger charge is 2.26. The van der Waals surface area contributed by atoms with Gasteiger partial charge in [-0.2, -0.15) is 0 Å². The maximum Gasteiger partial charge on any atom is 0.308 e. The molecule has 0 unspecified atom stereocenters. The van der Waals surface area contributed by atoms with E-state index < -0.39 is 0 Å². The largest absolute Gasteiger partial charge is 0.469 e. The first-order valence-electron chi connectivity index (χ1n) is 8.41. The summed E-state index contributed by atoms with van der Waals surface area (Å²) < 4.78 is 5.94. The minimum absolute atomic E-state index is 0. The number of guanidine groups is 1. The molecule has 0 atom stereocenters. The van der Waals surface area contributed by atoms with Gasteiger partial charge in [0.1, 0.15) is 0 Å². The summed E-state index contributed by atoms with van der Waals surface area (Å²) in [5.41, 5.74) is 2.45. The molecule has 1 aromatic carbocycles. The Hall–Kier alpha value is -0.830. The number of ether oxygens (including phenoxy) is 1. The molecule has 25 heavy (non-hydrogen) atoms. The number of rotatable bonds is 4. The van der Waals surface area contributed by atoms with Crippen molar-refractivity contribution in [1.29, 1.82) is 0 Å². The van der Waals surface area contributed by atoms with Gasteiger partial charge < -0.3 is 15.0 Å². The number of esters is 1. The van der Waals surface area contributed by atoms with Crippen LogP contribution in [-0.4, -0.2) is 43.6 Å². The highest BCUT2D eigenvalue weighted by molar-refractivity contribution is 14.0. The van der Waals surface area contributed by atoms with Crippen molar-refractivity contribution in [2.75, 3.05) is 26.7 Å². The van der Waals surface area contributed by atoms with Crippen molar-refractivity contribution in [2.45, 2.75) is 33.2 Å². The molecule has 1 aliphatic heterocycles. The third-order valence-corrected chi connectivity index (χ3v) is 4.86. The molecule has 0 amide bonds. The number of aliphatic imine (C=N–C) groups is 1. The van der Waals surface area contributed by atoms with Gasteiger partial charge >= 0.3 is 5.97 Å². The monoisotopic (exact) mass is 523 g/mol. The Kier molecular flexibility index (Phi) is 9.78. The normalized spacial score (nSPS) is 15.5. The summed E-state index contributed by atoms with van der Waals surface area (Å²) >= 11 is 3.49. The fourth-order valence-corrected chi connectivity index (χ4v) is 3.39. The Morgan fingerprint density at radius 3 is 2.64 bits per heavy atom. The number of nitrogens with one attached hydrogen (secondary N) is 1. The summed E-state index contributed by atoms with van der Waals surface area (Å²) in [4.78, 5) is 18.7. The highest BCUT2D eigenvalue weighted by atomic mass is 127.